The highest BCUT2D eigenvalue weighted by molar-refractivity contribution is 4.81. The quantitative estimate of drug-likeness (QED) is 0.703. The van der Waals surface area contributed by atoms with Gasteiger partial charge in [0.25, 0.3) is 0 Å². The molecule has 0 bridgehead atoms. The van der Waals surface area contributed by atoms with Gasteiger partial charge in [-0.15, -0.1) is 0 Å². The molecule has 12 heavy (non-hydrogen) atoms. The molecule has 1 fully saturated rings. The number of rotatable bonds is 2. The topological polar surface area (TPSA) is 35.2 Å². The van der Waals surface area contributed by atoms with E-state index in [2.05, 4.69) is 4.74 Å². The second kappa shape index (κ2) is 3.62. The van der Waals surface area contributed by atoms with Crippen LogP contribution in [-0.4, -0.2) is 24.9 Å². The Labute approximate surface area is 68.9 Å². The zero-order valence-electron chi connectivity index (χ0n) is 6.60. The van der Waals surface area contributed by atoms with Gasteiger partial charge in [-0.2, -0.15) is 13.2 Å². The van der Waals surface area contributed by atoms with Crippen LogP contribution in [0.4, 0.5) is 13.2 Å². The first-order chi connectivity index (χ1) is 5.49. The molecule has 0 radical (unpaired) electrons. The summed E-state index contributed by atoms with van der Waals surface area (Å²) in [6.07, 6.45) is -2.35. The maximum absolute atomic E-state index is 11.7. The molecular weight excluding hydrogens is 171 g/mol. The zero-order chi connectivity index (χ0) is 9.19. The molecule has 0 spiro atoms. The Morgan fingerprint density at radius 1 is 1.33 bits per heavy atom. The fourth-order valence-electron chi connectivity index (χ4n) is 1.36. The van der Waals surface area contributed by atoms with Crippen LogP contribution in [-0.2, 0) is 4.74 Å². The lowest BCUT2D eigenvalue weighted by molar-refractivity contribution is -0.185. The van der Waals surface area contributed by atoms with E-state index in [-0.39, 0.29) is 6.04 Å². The third-order valence-corrected chi connectivity index (χ3v) is 1.96. The highest BCUT2D eigenvalue weighted by atomic mass is 19.4. The molecule has 0 aromatic carbocycles. The van der Waals surface area contributed by atoms with E-state index in [4.69, 9.17) is 5.73 Å². The Hall–Kier alpha value is -0.290. The molecule has 0 saturated heterocycles. The van der Waals surface area contributed by atoms with Crippen molar-refractivity contribution in [2.45, 2.75) is 37.6 Å². The van der Waals surface area contributed by atoms with Crippen molar-refractivity contribution in [3.05, 3.63) is 0 Å². The summed E-state index contributed by atoms with van der Waals surface area (Å²) in [6, 6.07) is -0.215. The molecule has 2 nitrogen and oxygen atoms in total. The summed E-state index contributed by atoms with van der Waals surface area (Å²) in [4.78, 5) is 0. The minimum absolute atomic E-state index is 0.215. The molecule has 2 atom stereocenters. The maximum Gasteiger partial charge on any atom is 0.411 e. The average Bonchev–Trinajstić information content (AvgIpc) is 2.29. The summed E-state index contributed by atoms with van der Waals surface area (Å²) in [5.41, 5.74) is 5.52. The molecule has 2 N–H and O–H groups in total. The van der Waals surface area contributed by atoms with Gasteiger partial charge in [0.05, 0.1) is 6.10 Å². The standard InChI is InChI=1S/C7H12F3NO/c8-7(9,10)4-12-6-3-1-2-5(6)11/h5-6H,1-4,11H2. The molecule has 0 heterocycles. The number of hydrogen-bond acceptors (Lipinski definition) is 2. The van der Waals surface area contributed by atoms with Gasteiger partial charge >= 0.3 is 6.18 Å². The Balaban J connectivity index is 2.23. The van der Waals surface area contributed by atoms with Crippen molar-refractivity contribution >= 4 is 0 Å². The van der Waals surface area contributed by atoms with Gasteiger partial charge in [0.15, 0.2) is 0 Å². The molecule has 1 aliphatic rings. The third-order valence-electron chi connectivity index (χ3n) is 1.96. The number of nitrogens with two attached hydrogens (primary N) is 1. The Bertz CT molecular complexity index is 148. The van der Waals surface area contributed by atoms with E-state index in [1.807, 2.05) is 0 Å². The van der Waals surface area contributed by atoms with Gasteiger partial charge in [0.2, 0.25) is 0 Å². The van der Waals surface area contributed by atoms with Gasteiger partial charge in [-0.25, -0.2) is 0 Å². The normalized spacial score (nSPS) is 31.0. The predicted molar refractivity (Wildman–Crippen MR) is 37.6 cm³/mol. The van der Waals surface area contributed by atoms with Crippen molar-refractivity contribution in [3.8, 4) is 0 Å². The average molecular weight is 183 g/mol. The smallest absolute Gasteiger partial charge is 0.367 e. The molecule has 0 aliphatic heterocycles. The SMILES string of the molecule is NC1CCCC1OCC(F)(F)F. The van der Waals surface area contributed by atoms with Crippen LogP contribution in [0.15, 0.2) is 0 Å². The fourth-order valence-corrected chi connectivity index (χ4v) is 1.36. The van der Waals surface area contributed by atoms with Crippen molar-refractivity contribution < 1.29 is 17.9 Å². The van der Waals surface area contributed by atoms with Crippen LogP contribution in [0.2, 0.25) is 0 Å². The van der Waals surface area contributed by atoms with Gasteiger partial charge < -0.3 is 10.5 Å². The Morgan fingerprint density at radius 2 is 2.00 bits per heavy atom. The highest BCUT2D eigenvalue weighted by Crippen LogP contribution is 2.23. The van der Waals surface area contributed by atoms with Crippen LogP contribution in [0.5, 0.6) is 0 Å². The summed E-state index contributed by atoms with van der Waals surface area (Å²) in [5.74, 6) is 0. The summed E-state index contributed by atoms with van der Waals surface area (Å²) < 4.78 is 39.6. The van der Waals surface area contributed by atoms with Crippen LogP contribution in [0.25, 0.3) is 0 Å². The Kier molecular flexibility index (Phi) is 2.95. The Morgan fingerprint density at radius 3 is 2.42 bits per heavy atom. The fraction of sp³-hybridized carbons (Fsp3) is 1.00. The number of hydrogen-bond donors (Lipinski definition) is 1. The summed E-state index contributed by atoms with van der Waals surface area (Å²) in [7, 11) is 0. The van der Waals surface area contributed by atoms with Crippen molar-refractivity contribution in [2.75, 3.05) is 6.61 Å². The van der Waals surface area contributed by atoms with E-state index in [0.29, 0.717) is 6.42 Å². The molecule has 0 amide bonds. The monoisotopic (exact) mass is 183 g/mol. The number of alkyl halides is 3. The van der Waals surface area contributed by atoms with Crippen LogP contribution >= 0.6 is 0 Å². The van der Waals surface area contributed by atoms with Gasteiger partial charge in [-0.3, -0.25) is 0 Å². The molecule has 72 valence electrons. The largest absolute Gasteiger partial charge is 0.411 e. The molecule has 1 rings (SSSR count). The molecular formula is C7H12F3NO. The van der Waals surface area contributed by atoms with Crippen molar-refractivity contribution in [1.29, 1.82) is 0 Å². The van der Waals surface area contributed by atoms with Gasteiger partial charge in [-0.05, 0) is 19.3 Å². The lowest BCUT2D eigenvalue weighted by atomic mass is 10.2. The minimum atomic E-state index is -4.23. The van der Waals surface area contributed by atoms with Crippen molar-refractivity contribution in [3.63, 3.8) is 0 Å². The van der Waals surface area contributed by atoms with Crippen molar-refractivity contribution in [1.82, 2.24) is 0 Å². The van der Waals surface area contributed by atoms with Crippen LogP contribution in [0.1, 0.15) is 19.3 Å². The first kappa shape index (κ1) is 9.80. The lowest BCUT2D eigenvalue weighted by Crippen LogP contribution is -2.34. The van der Waals surface area contributed by atoms with Crippen LogP contribution in [0.3, 0.4) is 0 Å². The highest BCUT2D eigenvalue weighted by Gasteiger charge is 2.32. The van der Waals surface area contributed by atoms with E-state index in [1.54, 1.807) is 0 Å². The zero-order valence-corrected chi connectivity index (χ0v) is 6.60. The molecule has 1 aliphatic carbocycles. The van der Waals surface area contributed by atoms with Crippen LogP contribution < -0.4 is 5.73 Å². The molecule has 1 saturated carbocycles. The first-order valence-corrected chi connectivity index (χ1v) is 3.93. The summed E-state index contributed by atoms with van der Waals surface area (Å²) in [6.45, 7) is -1.18. The van der Waals surface area contributed by atoms with Gasteiger partial charge in [0.1, 0.15) is 6.61 Å². The molecule has 2 unspecified atom stereocenters. The van der Waals surface area contributed by atoms with E-state index in [1.165, 1.54) is 0 Å². The molecule has 5 heteroatoms. The van der Waals surface area contributed by atoms with Crippen molar-refractivity contribution in [2.24, 2.45) is 5.73 Å². The maximum atomic E-state index is 11.7. The van der Waals surface area contributed by atoms with E-state index < -0.39 is 18.9 Å². The molecule has 0 aromatic heterocycles. The summed E-state index contributed by atoms with van der Waals surface area (Å²) >= 11 is 0. The predicted octanol–water partition coefficient (Wildman–Crippen LogP) is 1.45. The van der Waals surface area contributed by atoms with Gasteiger partial charge in [0, 0.05) is 6.04 Å². The number of halogens is 3. The van der Waals surface area contributed by atoms with Crippen LogP contribution in [0, 0.1) is 0 Å². The van der Waals surface area contributed by atoms with Gasteiger partial charge in [-0.1, -0.05) is 0 Å². The minimum Gasteiger partial charge on any atom is -0.367 e. The van der Waals surface area contributed by atoms with E-state index >= 15 is 0 Å². The van der Waals surface area contributed by atoms with E-state index in [0.717, 1.165) is 12.8 Å². The lowest BCUT2D eigenvalue weighted by Gasteiger charge is -2.17. The molecule has 0 aromatic rings. The van der Waals surface area contributed by atoms with E-state index in [9.17, 15) is 13.2 Å². The number of ether oxygens (including phenoxy) is 1. The first-order valence-electron chi connectivity index (χ1n) is 3.93. The summed E-state index contributed by atoms with van der Waals surface area (Å²) in [5, 5.41) is 0. The second-order valence-electron chi connectivity index (χ2n) is 3.06. The third kappa shape index (κ3) is 2.98. The second-order valence-corrected chi connectivity index (χ2v) is 3.06.